The summed E-state index contributed by atoms with van der Waals surface area (Å²) >= 11 is 6.87. The fourth-order valence-corrected chi connectivity index (χ4v) is 6.43. The van der Waals surface area contributed by atoms with Crippen LogP contribution in [0.1, 0.15) is 16.7 Å². The van der Waals surface area contributed by atoms with Gasteiger partial charge in [0.15, 0.2) is 5.75 Å². The van der Waals surface area contributed by atoms with Crippen molar-refractivity contribution in [3.8, 4) is 5.75 Å². The molecule has 0 atom stereocenters. The Hall–Kier alpha value is -3.53. The van der Waals surface area contributed by atoms with Crippen LogP contribution >= 0.6 is 31.9 Å². The number of anilines is 1. The molecule has 6 nitrogen and oxygen atoms in total. The topological polar surface area (TPSA) is 76.0 Å². The Morgan fingerprint density at radius 2 is 1.42 bits per heavy atom. The van der Waals surface area contributed by atoms with Crippen molar-refractivity contribution < 1.29 is 17.4 Å². The molecule has 190 valence electrons. The highest BCUT2D eigenvalue weighted by Gasteiger charge is 2.32. The zero-order valence-corrected chi connectivity index (χ0v) is 24.0. The molecular weight excluding hydrogens is 632 g/mol. The van der Waals surface area contributed by atoms with Gasteiger partial charge in [-0.25, -0.2) is 0 Å². The van der Waals surface area contributed by atoms with Gasteiger partial charge in [-0.2, -0.15) is 18.5 Å². The van der Waals surface area contributed by atoms with Crippen LogP contribution in [0.3, 0.4) is 0 Å². The van der Waals surface area contributed by atoms with Gasteiger partial charge in [0.25, 0.3) is 5.91 Å². The zero-order chi connectivity index (χ0) is 26.9. The highest BCUT2D eigenvalue weighted by Crippen LogP contribution is 2.38. The number of carbonyl (C=O) groups excluding carboxylic acids is 1. The molecule has 4 aromatic carbocycles. The molecular formula is C29H20Br2N2O4S. The highest BCUT2D eigenvalue weighted by molar-refractivity contribution is 9.11. The minimum atomic E-state index is -4.06. The van der Waals surface area contributed by atoms with E-state index < -0.39 is 10.1 Å². The Morgan fingerprint density at radius 1 is 0.842 bits per heavy atom. The van der Waals surface area contributed by atoms with E-state index >= 15 is 0 Å². The first-order valence-electron chi connectivity index (χ1n) is 11.5. The van der Waals surface area contributed by atoms with Crippen LogP contribution in [-0.2, 0) is 14.9 Å². The number of halogens is 2. The van der Waals surface area contributed by atoms with Crippen molar-refractivity contribution in [1.82, 2.24) is 0 Å². The lowest BCUT2D eigenvalue weighted by molar-refractivity contribution is -0.114. The molecule has 0 fully saturated rings. The molecule has 4 aromatic rings. The van der Waals surface area contributed by atoms with E-state index in [0.717, 1.165) is 11.1 Å². The fourth-order valence-electron chi connectivity index (χ4n) is 3.87. The van der Waals surface area contributed by atoms with Crippen molar-refractivity contribution in [3.05, 3.63) is 128 Å². The second kappa shape index (κ2) is 10.7. The number of nitrogens with zero attached hydrogens (tertiary/aromatic N) is 2. The average molecular weight is 652 g/mol. The highest BCUT2D eigenvalue weighted by atomic mass is 79.9. The van der Waals surface area contributed by atoms with Gasteiger partial charge < -0.3 is 4.18 Å². The predicted octanol–water partition coefficient (Wildman–Crippen LogP) is 7.12. The smallest absolute Gasteiger partial charge is 0.339 e. The molecule has 1 aliphatic heterocycles. The molecule has 1 amide bonds. The summed E-state index contributed by atoms with van der Waals surface area (Å²) in [4.78, 5) is 13.6. The number of carbonyl (C=O) groups is 1. The van der Waals surface area contributed by atoms with E-state index in [-0.39, 0.29) is 16.6 Å². The third kappa shape index (κ3) is 5.36. The third-order valence-electron chi connectivity index (χ3n) is 5.76. The second-order valence-electron chi connectivity index (χ2n) is 8.49. The number of hydrogen-bond donors (Lipinski definition) is 0. The van der Waals surface area contributed by atoms with Crippen molar-refractivity contribution in [2.75, 3.05) is 5.01 Å². The van der Waals surface area contributed by atoms with Crippen molar-refractivity contribution in [2.24, 2.45) is 5.10 Å². The van der Waals surface area contributed by atoms with Crippen molar-refractivity contribution in [1.29, 1.82) is 0 Å². The summed E-state index contributed by atoms with van der Waals surface area (Å²) in [6.07, 6.45) is 1.73. The van der Waals surface area contributed by atoms with Gasteiger partial charge in [-0.1, -0.05) is 66.2 Å². The lowest BCUT2D eigenvalue weighted by atomic mass is 10.0. The molecule has 0 aromatic heterocycles. The van der Waals surface area contributed by atoms with Crippen molar-refractivity contribution in [3.63, 3.8) is 0 Å². The summed E-state index contributed by atoms with van der Waals surface area (Å²) in [5.74, 6) is -0.169. The summed E-state index contributed by atoms with van der Waals surface area (Å²) in [5, 5.41) is 6.02. The van der Waals surface area contributed by atoms with Gasteiger partial charge in [0.05, 0.1) is 20.2 Å². The molecule has 0 unspecified atom stereocenters. The Balaban J connectivity index is 1.52. The van der Waals surface area contributed by atoms with Gasteiger partial charge in [0.2, 0.25) is 0 Å². The number of hydrogen-bond acceptors (Lipinski definition) is 5. The molecule has 0 N–H and O–H groups in total. The van der Waals surface area contributed by atoms with Crippen molar-refractivity contribution in [2.45, 2.75) is 11.8 Å². The molecule has 0 saturated heterocycles. The minimum absolute atomic E-state index is 0.0503. The van der Waals surface area contributed by atoms with Gasteiger partial charge in [0.1, 0.15) is 10.6 Å². The normalized spacial score (nSPS) is 14.6. The monoisotopic (exact) mass is 650 g/mol. The van der Waals surface area contributed by atoms with E-state index in [1.807, 2.05) is 67.6 Å². The van der Waals surface area contributed by atoms with Gasteiger partial charge in [-0.15, -0.1) is 0 Å². The van der Waals surface area contributed by atoms with Crippen LogP contribution in [0.15, 0.2) is 122 Å². The van der Waals surface area contributed by atoms with Crippen LogP contribution in [0, 0.1) is 6.92 Å². The van der Waals surface area contributed by atoms with Gasteiger partial charge in [-0.05, 0) is 86.8 Å². The molecule has 0 spiro atoms. The minimum Gasteiger partial charge on any atom is -0.377 e. The lowest BCUT2D eigenvalue weighted by Crippen LogP contribution is -2.21. The van der Waals surface area contributed by atoms with E-state index in [0.29, 0.717) is 31.5 Å². The van der Waals surface area contributed by atoms with E-state index in [1.165, 1.54) is 17.1 Å². The molecule has 5 rings (SSSR count). The Bertz CT molecular complexity index is 1660. The molecule has 9 heteroatoms. The maximum atomic E-state index is 13.5. The zero-order valence-electron chi connectivity index (χ0n) is 20.0. The SMILES string of the molecule is Cc1ccc(S(=O)(=O)Oc2c(Br)cc(/C=C3\C(=O)N(c4ccccc4)N=C3c3ccccc3)cc2Br)cc1. The van der Waals surface area contributed by atoms with Crippen LogP contribution in [0.5, 0.6) is 5.75 Å². The molecule has 0 bridgehead atoms. The second-order valence-corrected chi connectivity index (χ2v) is 11.7. The maximum Gasteiger partial charge on any atom is 0.339 e. The van der Waals surface area contributed by atoms with Crippen LogP contribution in [0.2, 0.25) is 0 Å². The van der Waals surface area contributed by atoms with Crippen molar-refractivity contribution >= 4 is 65.4 Å². The molecule has 0 aliphatic carbocycles. The summed E-state index contributed by atoms with van der Waals surface area (Å²) in [7, 11) is -4.06. The average Bonchev–Trinajstić information content (AvgIpc) is 3.23. The summed E-state index contributed by atoms with van der Waals surface area (Å²) in [6, 6.07) is 28.5. The van der Waals surface area contributed by atoms with Gasteiger partial charge in [0, 0.05) is 5.56 Å². The first kappa shape index (κ1) is 26.1. The quantitative estimate of drug-likeness (QED) is 0.164. The first-order valence-corrected chi connectivity index (χ1v) is 14.5. The predicted molar refractivity (Wildman–Crippen MR) is 156 cm³/mol. The van der Waals surface area contributed by atoms with E-state index in [1.54, 1.807) is 30.3 Å². The summed E-state index contributed by atoms with van der Waals surface area (Å²) in [5.41, 5.74) is 3.98. The summed E-state index contributed by atoms with van der Waals surface area (Å²) < 4.78 is 32.0. The Kier molecular flexibility index (Phi) is 7.34. The van der Waals surface area contributed by atoms with Crippen LogP contribution < -0.4 is 9.19 Å². The summed E-state index contributed by atoms with van der Waals surface area (Å²) in [6.45, 7) is 1.87. The fraction of sp³-hybridized carbons (Fsp3) is 0.0345. The number of aryl methyl sites for hydroxylation is 1. The van der Waals surface area contributed by atoms with E-state index in [2.05, 4.69) is 37.0 Å². The third-order valence-corrected chi connectivity index (χ3v) is 8.17. The molecule has 0 saturated carbocycles. The standard InChI is InChI=1S/C29H20Br2N2O4S/c1-19-12-14-23(15-13-19)38(35,36)37-28-25(30)17-20(18-26(28)31)16-24-27(21-8-4-2-5-9-21)32-33(29(24)34)22-10-6-3-7-11-22/h2-18H,1H3/b24-16-. The number of amides is 1. The first-order chi connectivity index (χ1) is 18.2. The maximum absolute atomic E-state index is 13.5. The molecule has 0 radical (unpaired) electrons. The number of para-hydroxylation sites is 1. The Morgan fingerprint density at radius 3 is 2.03 bits per heavy atom. The van der Waals surface area contributed by atoms with Crippen LogP contribution in [-0.4, -0.2) is 20.0 Å². The Labute approximate surface area is 237 Å². The molecule has 1 aliphatic rings. The number of benzene rings is 4. The van der Waals surface area contributed by atoms with Crippen LogP contribution in [0.25, 0.3) is 6.08 Å². The van der Waals surface area contributed by atoms with Crippen LogP contribution in [0.4, 0.5) is 5.69 Å². The van der Waals surface area contributed by atoms with Gasteiger partial charge >= 0.3 is 10.1 Å². The van der Waals surface area contributed by atoms with E-state index in [9.17, 15) is 13.2 Å². The lowest BCUT2D eigenvalue weighted by Gasteiger charge is -2.12. The largest absolute Gasteiger partial charge is 0.377 e. The molecule has 1 heterocycles. The number of rotatable bonds is 6. The number of hydrazone groups is 1. The van der Waals surface area contributed by atoms with E-state index in [4.69, 9.17) is 4.18 Å². The van der Waals surface area contributed by atoms with Gasteiger partial charge in [-0.3, -0.25) is 4.79 Å². The molecule has 38 heavy (non-hydrogen) atoms.